The maximum Gasteiger partial charge on any atom is 0.317 e. The number of nitrogens with one attached hydrogen (secondary N) is 1. The van der Waals surface area contributed by atoms with E-state index in [-0.39, 0.29) is 12.1 Å². The largest absolute Gasteiger partial charge is 0.467 e. The van der Waals surface area contributed by atoms with Crippen molar-refractivity contribution < 1.29 is 9.53 Å². The molecule has 3 aromatic rings. The smallest absolute Gasteiger partial charge is 0.317 e. The van der Waals surface area contributed by atoms with E-state index in [9.17, 15) is 4.79 Å². The number of fused-ring (bicyclic) bond motifs is 1. The Morgan fingerprint density at radius 3 is 2.64 bits per heavy atom. The molecule has 2 amide bonds. The molecule has 0 saturated carbocycles. The SMILES string of the molecule is O=C(NCCCc1ccccc1)N1CCC(Oc2nc3ccccc3s2)CC1. The fourth-order valence-electron chi connectivity index (χ4n) is 3.47. The lowest BCUT2D eigenvalue weighted by atomic mass is 10.1. The second-order valence-electron chi connectivity index (χ2n) is 7.07. The van der Waals surface area contributed by atoms with Crippen molar-refractivity contribution in [2.45, 2.75) is 31.8 Å². The molecule has 4 rings (SSSR count). The average Bonchev–Trinajstić information content (AvgIpc) is 3.14. The van der Waals surface area contributed by atoms with Crippen LogP contribution < -0.4 is 10.1 Å². The Morgan fingerprint density at radius 1 is 1.11 bits per heavy atom. The van der Waals surface area contributed by atoms with Crippen LogP contribution in [-0.2, 0) is 6.42 Å². The number of carbonyl (C=O) groups is 1. The second kappa shape index (κ2) is 9.06. The van der Waals surface area contributed by atoms with Crippen LogP contribution >= 0.6 is 11.3 Å². The Bertz CT molecular complexity index is 871. The van der Waals surface area contributed by atoms with Gasteiger partial charge in [-0.3, -0.25) is 0 Å². The van der Waals surface area contributed by atoms with Gasteiger partial charge in [-0.2, -0.15) is 0 Å². The number of hydrogen-bond donors (Lipinski definition) is 1. The van der Waals surface area contributed by atoms with E-state index in [2.05, 4.69) is 40.6 Å². The Hall–Kier alpha value is -2.60. The van der Waals surface area contributed by atoms with Gasteiger partial charge < -0.3 is 15.0 Å². The molecule has 2 heterocycles. The Balaban J connectivity index is 1.17. The molecule has 28 heavy (non-hydrogen) atoms. The Labute approximate surface area is 169 Å². The number of rotatable bonds is 6. The number of amides is 2. The minimum Gasteiger partial charge on any atom is -0.467 e. The van der Waals surface area contributed by atoms with E-state index in [1.807, 2.05) is 29.2 Å². The number of thiazole rings is 1. The van der Waals surface area contributed by atoms with Gasteiger partial charge in [0.2, 0.25) is 0 Å². The molecule has 1 N–H and O–H groups in total. The lowest BCUT2D eigenvalue weighted by Crippen LogP contribution is -2.46. The van der Waals surface area contributed by atoms with E-state index >= 15 is 0 Å². The number of hydrogen-bond acceptors (Lipinski definition) is 4. The number of nitrogens with zero attached hydrogens (tertiary/aromatic N) is 2. The van der Waals surface area contributed by atoms with Gasteiger partial charge in [0.25, 0.3) is 5.19 Å². The van der Waals surface area contributed by atoms with Gasteiger partial charge in [0, 0.05) is 32.5 Å². The molecule has 1 aliphatic heterocycles. The normalized spacial score (nSPS) is 14.9. The molecule has 0 spiro atoms. The van der Waals surface area contributed by atoms with Crippen LogP contribution in [0.2, 0.25) is 0 Å². The van der Waals surface area contributed by atoms with E-state index in [4.69, 9.17) is 4.74 Å². The maximum absolute atomic E-state index is 12.4. The minimum absolute atomic E-state index is 0.0338. The van der Waals surface area contributed by atoms with Crippen molar-refractivity contribution in [3.63, 3.8) is 0 Å². The predicted molar refractivity (Wildman–Crippen MR) is 113 cm³/mol. The molecule has 6 heteroatoms. The maximum atomic E-state index is 12.4. The molecule has 0 radical (unpaired) electrons. The van der Waals surface area contributed by atoms with E-state index in [0.717, 1.165) is 54.2 Å². The lowest BCUT2D eigenvalue weighted by molar-refractivity contribution is 0.111. The molecule has 0 unspecified atom stereocenters. The Morgan fingerprint density at radius 2 is 1.86 bits per heavy atom. The third-order valence-electron chi connectivity index (χ3n) is 5.03. The van der Waals surface area contributed by atoms with Gasteiger partial charge in [-0.1, -0.05) is 53.8 Å². The van der Waals surface area contributed by atoms with Crippen molar-refractivity contribution >= 4 is 27.6 Å². The zero-order valence-corrected chi connectivity index (χ0v) is 16.7. The van der Waals surface area contributed by atoms with Crippen molar-refractivity contribution in [2.75, 3.05) is 19.6 Å². The van der Waals surface area contributed by atoms with Crippen LogP contribution in [0, 0.1) is 0 Å². The van der Waals surface area contributed by atoms with E-state index in [1.54, 1.807) is 11.3 Å². The number of likely N-dealkylation sites (tertiary alicyclic amines) is 1. The van der Waals surface area contributed by atoms with Crippen LogP contribution in [0.1, 0.15) is 24.8 Å². The molecular formula is C22H25N3O2S. The number of urea groups is 1. The molecule has 5 nitrogen and oxygen atoms in total. The first-order valence-corrected chi connectivity index (χ1v) is 10.7. The number of carbonyl (C=O) groups excluding carboxylic acids is 1. The topological polar surface area (TPSA) is 54.5 Å². The summed E-state index contributed by atoms with van der Waals surface area (Å²) in [5, 5.41) is 3.77. The third kappa shape index (κ3) is 4.81. The highest BCUT2D eigenvalue weighted by Gasteiger charge is 2.24. The number of piperidine rings is 1. The zero-order chi connectivity index (χ0) is 19.2. The highest BCUT2D eigenvalue weighted by atomic mass is 32.1. The highest BCUT2D eigenvalue weighted by molar-refractivity contribution is 7.20. The number of benzene rings is 2. The van der Waals surface area contributed by atoms with Gasteiger partial charge in [-0.05, 0) is 30.5 Å². The van der Waals surface area contributed by atoms with Crippen molar-refractivity contribution in [3.05, 3.63) is 60.2 Å². The summed E-state index contributed by atoms with van der Waals surface area (Å²) in [5.41, 5.74) is 2.29. The third-order valence-corrected chi connectivity index (χ3v) is 5.96. The van der Waals surface area contributed by atoms with Crippen LogP contribution in [0.3, 0.4) is 0 Å². The number of ether oxygens (including phenoxy) is 1. The van der Waals surface area contributed by atoms with Gasteiger partial charge in [-0.25, -0.2) is 9.78 Å². The molecule has 1 aliphatic rings. The van der Waals surface area contributed by atoms with Crippen LogP contribution in [-0.4, -0.2) is 41.7 Å². The fourth-order valence-corrected chi connectivity index (χ4v) is 4.35. The van der Waals surface area contributed by atoms with Crippen LogP contribution in [0.4, 0.5) is 4.79 Å². The molecule has 1 saturated heterocycles. The summed E-state index contributed by atoms with van der Waals surface area (Å²) in [6.07, 6.45) is 3.75. The first-order valence-electron chi connectivity index (χ1n) is 9.87. The van der Waals surface area contributed by atoms with E-state index in [1.165, 1.54) is 5.56 Å². The minimum atomic E-state index is 0.0338. The van der Waals surface area contributed by atoms with Gasteiger partial charge in [0.05, 0.1) is 10.2 Å². The molecule has 2 aromatic carbocycles. The molecular weight excluding hydrogens is 370 g/mol. The first kappa shape index (κ1) is 18.7. The quantitative estimate of drug-likeness (QED) is 0.626. The van der Waals surface area contributed by atoms with E-state index < -0.39 is 0 Å². The summed E-state index contributed by atoms with van der Waals surface area (Å²) in [4.78, 5) is 18.8. The first-order chi connectivity index (χ1) is 13.8. The fraction of sp³-hybridized carbons (Fsp3) is 0.364. The van der Waals surface area contributed by atoms with Crippen molar-refractivity contribution in [1.29, 1.82) is 0 Å². The summed E-state index contributed by atoms with van der Waals surface area (Å²) < 4.78 is 7.21. The van der Waals surface area contributed by atoms with Gasteiger partial charge >= 0.3 is 6.03 Å². The predicted octanol–water partition coefficient (Wildman–Crippen LogP) is 4.48. The summed E-state index contributed by atoms with van der Waals surface area (Å²) in [7, 11) is 0. The summed E-state index contributed by atoms with van der Waals surface area (Å²) in [6, 6.07) is 18.5. The van der Waals surface area contributed by atoms with Crippen LogP contribution in [0.25, 0.3) is 10.2 Å². The molecule has 0 aliphatic carbocycles. The lowest BCUT2D eigenvalue weighted by Gasteiger charge is -2.31. The van der Waals surface area contributed by atoms with Crippen molar-refractivity contribution in [2.24, 2.45) is 0 Å². The number of aromatic nitrogens is 1. The van der Waals surface area contributed by atoms with Gasteiger partial charge in [0.1, 0.15) is 6.10 Å². The molecule has 0 bridgehead atoms. The molecule has 146 valence electrons. The van der Waals surface area contributed by atoms with Crippen LogP contribution in [0.15, 0.2) is 54.6 Å². The van der Waals surface area contributed by atoms with Gasteiger partial charge in [0.15, 0.2) is 0 Å². The summed E-state index contributed by atoms with van der Waals surface area (Å²) in [6.45, 7) is 2.15. The second-order valence-corrected chi connectivity index (χ2v) is 8.07. The molecule has 1 aromatic heterocycles. The molecule has 1 fully saturated rings. The number of aryl methyl sites for hydroxylation is 1. The van der Waals surface area contributed by atoms with E-state index in [0.29, 0.717) is 6.54 Å². The molecule has 0 atom stereocenters. The monoisotopic (exact) mass is 395 g/mol. The summed E-state index contributed by atoms with van der Waals surface area (Å²) in [5.74, 6) is 0. The van der Waals surface area contributed by atoms with Crippen molar-refractivity contribution in [1.82, 2.24) is 15.2 Å². The standard InChI is InChI=1S/C22H25N3O2S/c26-21(23-14-6-9-17-7-2-1-3-8-17)25-15-12-18(13-16-25)27-22-24-19-10-4-5-11-20(19)28-22/h1-5,7-8,10-11,18H,6,9,12-16H2,(H,23,26). The Kier molecular flexibility index (Phi) is 6.07. The van der Waals surface area contributed by atoms with Crippen LogP contribution in [0.5, 0.6) is 5.19 Å². The zero-order valence-electron chi connectivity index (χ0n) is 15.8. The van der Waals surface area contributed by atoms with Gasteiger partial charge in [-0.15, -0.1) is 0 Å². The van der Waals surface area contributed by atoms with Crippen molar-refractivity contribution in [3.8, 4) is 5.19 Å². The highest BCUT2D eigenvalue weighted by Crippen LogP contribution is 2.29. The summed E-state index contributed by atoms with van der Waals surface area (Å²) >= 11 is 1.58. The average molecular weight is 396 g/mol. The number of para-hydroxylation sites is 1.